The summed E-state index contributed by atoms with van der Waals surface area (Å²) in [5.41, 5.74) is 0.430. The molecule has 0 radical (unpaired) electrons. The molecule has 0 saturated carbocycles. The molecule has 0 bridgehead atoms. The van der Waals surface area contributed by atoms with Crippen LogP contribution in [0.3, 0.4) is 0 Å². The molecule has 0 spiro atoms. The number of hydrogen-bond acceptors (Lipinski definition) is 3. The van der Waals surface area contributed by atoms with Crippen molar-refractivity contribution in [2.45, 2.75) is 13.0 Å². The van der Waals surface area contributed by atoms with Gasteiger partial charge in [-0.3, -0.25) is 4.79 Å². The third-order valence-electron chi connectivity index (χ3n) is 2.64. The number of hydrogen-bond donors (Lipinski definition) is 1. The average molecular weight is 258 g/mol. The Labute approximate surface area is 106 Å². The molecule has 1 N–H and O–H groups in total. The molecule has 1 atom stereocenters. The maximum absolute atomic E-state index is 12.1. The number of rotatable bonds is 4. The van der Waals surface area contributed by atoms with Gasteiger partial charge < -0.3 is 14.7 Å². The van der Waals surface area contributed by atoms with E-state index in [4.69, 9.17) is 21.4 Å². The predicted octanol–water partition coefficient (Wildman–Crippen LogP) is 1.80. The molecule has 0 aliphatic heterocycles. The molecule has 94 valence electrons. The molecule has 0 aromatic heterocycles. The van der Waals surface area contributed by atoms with Crippen LogP contribution in [-0.2, 0) is 0 Å². The summed E-state index contributed by atoms with van der Waals surface area (Å²) in [6.07, 6.45) is 0. The lowest BCUT2D eigenvalue weighted by atomic mass is 10.1. The number of ether oxygens (including phenoxy) is 1. The van der Waals surface area contributed by atoms with Crippen molar-refractivity contribution in [3.63, 3.8) is 0 Å². The van der Waals surface area contributed by atoms with E-state index >= 15 is 0 Å². The van der Waals surface area contributed by atoms with Gasteiger partial charge in [-0.05, 0) is 25.1 Å². The molecule has 4 nitrogen and oxygen atoms in total. The Morgan fingerprint density at radius 1 is 1.59 bits per heavy atom. The summed E-state index contributed by atoms with van der Waals surface area (Å²) in [5.74, 6) is 0.222. The lowest BCUT2D eigenvalue weighted by Gasteiger charge is -2.24. The van der Waals surface area contributed by atoms with Gasteiger partial charge in [-0.2, -0.15) is 0 Å². The number of halogens is 1. The molecule has 17 heavy (non-hydrogen) atoms. The topological polar surface area (TPSA) is 49.8 Å². The highest BCUT2D eigenvalue weighted by Crippen LogP contribution is 2.24. The second-order valence-corrected chi connectivity index (χ2v) is 4.23. The minimum absolute atomic E-state index is 0.0852. The highest BCUT2D eigenvalue weighted by Gasteiger charge is 2.20. The van der Waals surface area contributed by atoms with E-state index in [1.54, 1.807) is 32.2 Å². The van der Waals surface area contributed by atoms with E-state index in [9.17, 15) is 4.79 Å². The lowest BCUT2D eigenvalue weighted by molar-refractivity contribution is 0.0679. The number of benzene rings is 1. The second kappa shape index (κ2) is 5.89. The Morgan fingerprint density at radius 3 is 2.76 bits per heavy atom. The maximum atomic E-state index is 12.1. The Balaban J connectivity index is 3.03. The monoisotopic (exact) mass is 257 g/mol. The zero-order chi connectivity index (χ0) is 13.0. The fourth-order valence-electron chi connectivity index (χ4n) is 1.35. The molecule has 1 aromatic carbocycles. The van der Waals surface area contributed by atoms with Crippen molar-refractivity contribution in [2.75, 3.05) is 20.8 Å². The van der Waals surface area contributed by atoms with Gasteiger partial charge in [0.05, 0.1) is 25.3 Å². The smallest absolute Gasteiger partial charge is 0.257 e. The van der Waals surface area contributed by atoms with E-state index in [-0.39, 0.29) is 18.6 Å². The molecule has 1 rings (SSSR count). The van der Waals surface area contributed by atoms with Crippen LogP contribution in [0.2, 0.25) is 5.02 Å². The summed E-state index contributed by atoms with van der Waals surface area (Å²) in [5, 5.41) is 9.54. The van der Waals surface area contributed by atoms with Crippen molar-refractivity contribution < 1.29 is 14.6 Å². The van der Waals surface area contributed by atoms with Crippen molar-refractivity contribution in [1.29, 1.82) is 0 Å². The highest BCUT2D eigenvalue weighted by atomic mass is 35.5. The van der Waals surface area contributed by atoms with Crippen LogP contribution in [-0.4, -0.2) is 42.7 Å². The van der Waals surface area contributed by atoms with Gasteiger partial charge in [0, 0.05) is 12.1 Å². The molecule has 1 amide bonds. The number of carbonyl (C=O) groups excluding carboxylic acids is 1. The molecule has 1 unspecified atom stereocenters. The highest BCUT2D eigenvalue weighted by molar-refractivity contribution is 6.30. The molecule has 1 aromatic rings. The van der Waals surface area contributed by atoms with E-state index in [2.05, 4.69) is 0 Å². The number of aliphatic hydroxyl groups excluding tert-OH is 1. The van der Waals surface area contributed by atoms with Crippen LogP contribution in [0.1, 0.15) is 17.3 Å². The fraction of sp³-hybridized carbons (Fsp3) is 0.417. The van der Waals surface area contributed by atoms with Gasteiger partial charge in [0.15, 0.2) is 0 Å². The van der Waals surface area contributed by atoms with E-state index < -0.39 is 0 Å². The number of methoxy groups -OCH3 is 1. The van der Waals surface area contributed by atoms with Crippen LogP contribution in [0.25, 0.3) is 0 Å². The zero-order valence-electron chi connectivity index (χ0n) is 10.1. The molecule has 0 aliphatic carbocycles. The molecular formula is C12H16ClNO3. The van der Waals surface area contributed by atoms with Crippen LogP contribution in [0.4, 0.5) is 0 Å². The molecule has 0 heterocycles. The minimum Gasteiger partial charge on any atom is -0.496 e. The van der Waals surface area contributed by atoms with Gasteiger partial charge in [-0.1, -0.05) is 11.6 Å². The summed E-state index contributed by atoms with van der Waals surface area (Å²) >= 11 is 5.82. The van der Waals surface area contributed by atoms with Gasteiger partial charge in [0.1, 0.15) is 5.75 Å². The first-order valence-corrected chi connectivity index (χ1v) is 5.60. The van der Waals surface area contributed by atoms with Crippen LogP contribution >= 0.6 is 11.6 Å². The Bertz CT molecular complexity index is 409. The number of nitrogens with zero attached hydrogens (tertiary/aromatic N) is 1. The summed E-state index contributed by atoms with van der Waals surface area (Å²) < 4.78 is 5.12. The summed E-state index contributed by atoms with van der Waals surface area (Å²) in [4.78, 5) is 13.6. The Hall–Kier alpha value is -1.26. The van der Waals surface area contributed by atoms with Crippen molar-refractivity contribution in [3.8, 4) is 5.75 Å². The normalized spacial score (nSPS) is 12.1. The number of aliphatic hydroxyl groups is 1. The van der Waals surface area contributed by atoms with E-state index in [0.717, 1.165) is 0 Å². The van der Waals surface area contributed by atoms with Crippen LogP contribution in [0.5, 0.6) is 5.75 Å². The lowest BCUT2D eigenvalue weighted by Crippen LogP contribution is -2.37. The van der Waals surface area contributed by atoms with Crippen molar-refractivity contribution in [3.05, 3.63) is 28.8 Å². The second-order valence-electron chi connectivity index (χ2n) is 3.79. The third kappa shape index (κ3) is 3.11. The predicted molar refractivity (Wildman–Crippen MR) is 66.6 cm³/mol. The quantitative estimate of drug-likeness (QED) is 0.895. The van der Waals surface area contributed by atoms with Crippen molar-refractivity contribution in [2.24, 2.45) is 0 Å². The van der Waals surface area contributed by atoms with Crippen LogP contribution < -0.4 is 4.74 Å². The number of likely N-dealkylation sites (N-methyl/N-ethyl adjacent to an activating group) is 1. The molecular weight excluding hydrogens is 242 g/mol. The van der Waals surface area contributed by atoms with Crippen molar-refractivity contribution >= 4 is 17.5 Å². The van der Waals surface area contributed by atoms with Gasteiger partial charge in [-0.25, -0.2) is 0 Å². The molecule has 5 heteroatoms. The Kier molecular flexibility index (Phi) is 4.78. The van der Waals surface area contributed by atoms with Crippen molar-refractivity contribution in [1.82, 2.24) is 4.90 Å². The summed E-state index contributed by atoms with van der Waals surface area (Å²) in [6.45, 7) is 1.68. The standard InChI is InChI=1S/C12H16ClNO3/c1-8(7-15)14(2)12(16)10-5-4-9(13)6-11(10)17-3/h4-6,8,15H,7H2,1-3H3. The summed E-state index contributed by atoms with van der Waals surface area (Å²) in [6, 6.07) is 4.59. The first-order chi connectivity index (χ1) is 8.01. The third-order valence-corrected chi connectivity index (χ3v) is 2.87. The zero-order valence-corrected chi connectivity index (χ0v) is 10.9. The molecule has 0 aliphatic rings. The first kappa shape index (κ1) is 13.8. The van der Waals surface area contributed by atoms with Crippen LogP contribution in [0.15, 0.2) is 18.2 Å². The van der Waals surface area contributed by atoms with E-state index in [1.807, 2.05) is 0 Å². The largest absolute Gasteiger partial charge is 0.496 e. The summed E-state index contributed by atoms with van der Waals surface area (Å²) in [7, 11) is 3.12. The van der Waals surface area contributed by atoms with Gasteiger partial charge >= 0.3 is 0 Å². The fourth-order valence-corrected chi connectivity index (χ4v) is 1.52. The number of carbonyl (C=O) groups is 1. The van der Waals surface area contributed by atoms with Crippen LogP contribution in [0, 0.1) is 0 Å². The van der Waals surface area contributed by atoms with E-state index in [1.165, 1.54) is 12.0 Å². The molecule has 0 fully saturated rings. The van der Waals surface area contributed by atoms with Gasteiger partial charge in [-0.15, -0.1) is 0 Å². The number of amides is 1. The van der Waals surface area contributed by atoms with E-state index in [0.29, 0.717) is 16.3 Å². The average Bonchev–Trinajstić information content (AvgIpc) is 2.35. The molecule has 0 saturated heterocycles. The maximum Gasteiger partial charge on any atom is 0.257 e. The first-order valence-electron chi connectivity index (χ1n) is 5.22. The SMILES string of the molecule is COc1cc(Cl)ccc1C(=O)N(C)C(C)CO. The van der Waals surface area contributed by atoms with Gasteiger partial charge in [0.2, 0.25) is 0 Å². The Morgan fingerprint density at radius 2 is 2.24 bits per heavy atom. The van der Waals surface area contributed by atoms with Gasteiger partial charge in [0.25, 0.3) is 5.91 Å². The minimum atomic E-state index is -0.247.